The normalized spacial score (nSPS) is 14.8. The predicted octanol–water partition coefficient (Wildman–Crippen LogP) is 3.80. The van der Waals surface area contributed by atoms with E-state index in [1.165, 1.54) is 12.1 Å². The third-order valence-electron chi connectivity index (χ3n) is 4.74. The summed E-state index contributed by atoms with van der Waals surface area (Å²) in [5.74, 6) is -0.864. The molecule has 0 aliphatic heterocycles. The monoisotopic (exact) mass is 383 g/mol. The molecule has 1 aliphatic rings. The van der Waals surface area contributed by atoms with Crippen molar-refractivity contribution >= 4 is 33.7 Å². The Balaban J connectivity index is 1.83. The second kappa shape index (κ2) is 6.66. The van der Waals surface area contributed by atoms with Crippen molar-refractivity contribution in [3.05, 3.63) is 58.8 Å². The first-order valence-corrected chi connectivity index (χ1v) is 9.64. The van der Waals surface area contributed by atoms with Crippen molar-refractivity contribution in [2.24, 2.45) is 0 Å². The van der Waals surface area contributed by atoms with Gasteiger partial charge in [-0.1, -0.05) is 17.7 Å². The number of carbonyl (C=O) groups is 2. The topological polar surface area (TPSA) is 96.5 Å². The van der Waals surface area contributed by atoms with Crippen molar-refractivity contribution in [2.75, 3.05) is 0 Å². The lowest BCUT2D eigenvalue weighted by atomic mass is 9.93. The minimum absolute atomic E-state index is 0.0469. The van der Waals surface area contributed by atoms with Gasteiger partial charge < -0.3 is 14.3 Å². The maximum Gasteiger partial charge on any atom is 0.336 e. The first kappa shape index (κ1) is 17.5. The number of hydrogen-bond donors (Lipinski definition) is 2. The summed E-state index contributed by atoms with van der Waals surface area (Å²) >= 11 is -1.76. The minimum atomic E-state index is -1.76. The summed E-state index contributed by atoms with van der Waals surface area (Å²) in [4.78, 5) is 27.4. The highest BCUT2D eigenvalue weighted by Gasteiger charge is 2.27. The van der Waals surface area contributed by atoms with Crippen LogP contribution in [0.3, 0.4) is 0 Å². The van der Waals surface area contributed by atoms with Gasteiger partial charge in [0.1, 0.15) is 0 Å². The molecule has 2 aromatic carbocycles. The van der Waals surface area contributed by atoms with E-state index in [2.05, 4.69) is 4.98 Å². The molecule has 138 valence electrons. The number of aromatic carboxylic acids is 1. The van der Waals surface area contributed by atoms with Gasteiger partial charge in [0.25, 0.3) is 0 Å². The molecule has 0 bridgehead atoms. The number of Topliss-reactive ketones (excluding diaryl/α,β-unsaturated/α-hetero) is 1. The Kier molecular flexibility index (Phi) is 4.31. The molecule has 1 atom stereocenters. The van der Waals surface area contributed by atoms with E-state index in [4.69, 9.17) is 4.18 Å². The Morgan fingerprint density at radius 1 is 1.15 bits per heavy atom. The van der Waals surface area contributed by atoms with Crippen LogP contribution in [0.1, 0.15) is 44.8 Å². The van der Waals surface area contributed by atoms with Crippen molar-refractivity contribution < 1.29 is 23.1 Å². The van der Waals surface area contributed by atoms with E-state index in [0.717, 1.165) is 5.56 Å². The molecule has 0 saturated heterocycles. The molecule has 2 N–H and O–H groups in total. The van der Waals surface area contributed by atoms with Gasteiger partial charge in [0, 0.05) is 11.8 Å². The van der Waals surface area contributed by atoms with Crippen LogP contribution in [-0.2, 0) is 17.5 Å². The summed E-state index contributed by atoms with van der Waals surface area (Å²) in [5.41, 5.74) is 2.67. The number of hydrogen-bond acceptors (Lipinski definition) is 4. The van der Waals surface area contributed by atoms with Crippen LogP contribution in [0.25, 0.3) is 10.9 Å². The molecule has 1 aromatic heterocycles. The van der Waals surface area contributed by atoms with Gasteiger partial charge >= 0.3 is 5.97 Å². The maximum atomic E-state index is 12.6. The fourth-order valence-corrected chi connectivity index (χ4v) is 4.17. The molecule has 1 heterocycles. The van der Waals surface area contributed by atoms with Crippen LogP contribution < -0.4 is 4.18 Å². The van der Waals surface area contributed by atoms with E-state index in [1.54, 1.807) is 12.1 Å². The van der Waals surface area contributed by atoms with Crippen molar-refractivity contribution in [1.82, 2.24) is 4.98 Å². The summed E-state index contributed by atoms with van der Waals surface area (Å²) in [6.07, 6.45) is 1.72. The first-order valence-electron chi connectivity index (χ1n) is 8.56. The molecular formula is C20H17NO5S. The fourth-order valence-electron chi connectivity index (χ4n) is 3.41. The third kappa shape index (κ3) is 3.04. The standard InChI is InChI=1S/C20H17NO5S/c1-11-5-7-12(8-6-11)27(25)26-16-10-9-14(20(23)24)17-13-3-2-4-15(22)18(13)21-19(16)17/h5-10,21H,2-4H2,1H3,(H,23,24). The number of aryl methyl sites for hydroxylation is 2. The van der Waals surface area contributed by atoms with E-state index in [0.29, 0.717) is 46.3 Å². The number of nitrogens with one attached hydrogen (secondary N) is 1. The van der Waals surface area contributed by atoms with Gasteiger partial charge in [-0.3, -0.25) is 4.79 Å². The lowest BCUT2D eigenvalue weighted by molar-refractivity contribution is 0.0698. The van der Waals surface area contributed by atoms with Crippen molar-refractivity contribution in [3.8, 4) is 5.75 Å². The summed E-state index contributed by atoms with van der Waals surface area (Å²) < 4.78 is 18.2. The van der Waals surface area contributed by atoms with Crippen LogP contribution in [0.15, 0.2) is 41.3 Å². The Morgan fingerprint density at radius 3 is 2.59 bits per heavy atom. The van der Waals surface area contributed by atoms with E-state index >= 15 is 0 Å². The van der Waals surface area contributed by atoms with Gasteiger partial charge in [-0.15, -0.1) is 0 Å². The summed E-state index contributed by atoms with van der Waals surface area (Å²) in [6, 6.07) is 10.0. The average molecular weight is 383 g/mol. The molecule has 0 amide bonds. The summed E-state index contributed by atoms with van der Waals surface area (Å²) in [5, 5.41) is 10.0. The van der Waals surface area contributed by atoms with Crippen molar-refractivity contribution in [1.29, 1.82) is 0 Å². The Morgan fingerprint density at radius 2 is 1.89 bits per heavy atom. The van der Waals surface area contributed by atoms with E-state index in [1.807, 2.05) is 19.1 Å². The second-order valence-corrected chi connectivity index (χ2v) is 7.66. The molecule has 1 aliphatic carbocycles. The van der Waals surface area contributed by atoms with Crippen LogP contribution in [-0.4, -0.2) is 26.1 Å². The number of ketones is 1. The number of benzene rings is 2. The molecule has 0 radical (unpaired) electrons. The van der Waals surface area contributed by atoms with E-state index in [9.17, 15) is 18.9 Å². The van der Waals surface area contributed by atoms with Gasteiger partial charge in [-0.05, 0) is 49.6 Å². The fraction of sp³-hybridized carbons (Fsp3) is 0.200. The van der Waals surface area contributed by atoms with Crippen molar-refractivity contribution in [2.45, 2.75) is 31.1 Å². The second-order valence-electron chi connectivity index (χ2n) is 6.55. The molecule has 4 rings (SSSR count). The molecule has 27 heavy (non-hydrogen) atoms. The minimum Gasteiger partial charge on any atom is -0.478 e. The average Bonchev–Trinajstić information content (AvgIpc) is 3.04. The Bertz CT molecular complexity index is 1100. The highest BCUT2D eigenvalue weighted by Crippen LogP contribution is 2.37. The van der Waals surface area contributed by atoms with Crippen LogP contribution in [0.2, 0.25) is 0 Å². The largest absolute Gasteiger partial charge is 0.478 e. The molecule has 7 heteroatoms. The Labute approximate surface area is 157 Å². The van der Waals surface area contributed by atoms with Gasteiger partial charge in [0.2, 0.25) is 11.1 Å². The summed E-state index contributed by atoms with van der Waals surface area (Å²) in [6.45, 7) is 1.93. The van der Waals surface area contributed by atoms with E-state index < -0.39 is 17.0 Å². The highest BCUT2D eigenvalue weighted by atomic mass is 32.2. The number of carboxylic acids is 1. The first-order chi connectivity index (χ1) is 13.0. The van der Waals surface area contributed by atoms with Gasteiger partial charge in [0.05, 0.1) is 21.7 Å². The zero-order valence-corrected chi connectivity index (χ0v) is 15.4. The number of rotatable bonds is 4. The number of H-pyrrole nitrogens is 1. The van der Waals surface area contributed by atoms with Gasteiger partial charge in [0.15, 0.2) is 11.5 Å². The molecule has 6 nitrogen and oxygen atoms in total. The molecule has 0 spiro atoms. The number of carbonyl (C=O) groups excluding carboxylic acids is 1. The number of carboxylic acid groups (broad SMARTS) is 1. The quantitative estimate of drug-likeness (QED) is 0.714. The summed E-state index contributed by atoms with van der Waals surface area (Å²) in [7, 11) is 0. The van der Waals surface area contributed by atoms with Gasteiger partial charge in [-0.2, -0.15) is 0 Å². The molecule has 3 aromatic rings. The number of aromatic amines is 1. The highest BCUT2D eigenvalue weighted by molar-refractivity contribution is 7.80. The molecule has 0 fully saturated rings. The zero-order chi connectivity index (χ0) is 19.1. The number of fused-ring (bicyclic) bond motifs is 3. The molecule has 0 saturated carbocycles. The molecule has 1 unspecified atom stereocenters. The number of aromatic nitrogens is 1. The smallest absolute Gasteiger partial charge is 0.336 e. The lowest BCUT2D eigenvalue weighted by Gasteiger charge is -2.11. The van der Waals surface area contributed by atoms with Gasteiger partial charge in [-0.25, -0.2) is 9.00 Å². The van der Waals surface area contributed by atoms with E-state index in [-0.39, 0.29) is 17.1 Å². The maximum absolute atomic E-state index is 12.6. The van der Waals surface area contributed by atoms with Crippen LogP contribution in [0.4, 0.5) is 0 Å². The van der Waals surface area contributed by atoms with Crippen LogP contribution in [0, 0.1) is 6.92 Å². The molecular weight excluding hydrogens is 366 g/mol. The predicted molar refractivity (Wildman–Crippen MR) is 101 cm³/mol. The lowest BCUT2D eigenvalue weighted by Crippen LogP contribution is -2.10. The Hall–Kier alpha value is -2.93. The van der Waals surface area contributed by atoms with Crippen LogP contribution >= 0.6 is 0 Å². The SMILES string of the molecule is Cc1ccc(S(=O)Oc2ccc(C(=O)O)c3c4c([nH]c23)C(=O)CCC4)cc1. The zero-order valence-electron chi connectivity index (χ0n) is 14.6. The van der Waals surface area contributed by atoms with Crippen LogP contribution in [0.5, 0.6) is 5.75 Å². The van der Waals surface area contributed by atoms with Crippen molar-refractivity contribution in [3.63, 3.8) is 0 Å². The third-order valence-corrected chi connectivity index (χ3v) is 5.73.